The maximum absolute atomic E-state index is 7.51. The summed E-state index contributed by atoms with van der Waals surface area (Å²) in [6.45, 7) is 2.73. The number of nitrogens with zero attached hydrogens (tertiary/aromatic N) is 1. The lowest BCUT2D eigenvalue weighted by molar-refractivity contribution is 1.27. The molecule has 0 atom stereocenters. The van der Waals surface area contributed by atoms with Gasteiger partial charge in [-0.05, 0) is 51.1 Å². The third kappa shape index (κ3) is 2.56. The number of rotatable bonds is 2. The van der Waals surface area contributed by atoms with Crippen LogP contribution in [0.3, 0.4) is 0 Å². The Morgan fingerprint density at radius 3 is 2.18 bits per heavy atom. The Morgan fingerprint density at radius 1 is 0.714 bits per heavy atom. The Labute approximate surface area is 172 Å². The minimum atomic E-state index is -2.13. The molecular formula is C26H23NSi. The van der Waals surface area contributed by atoms with Gasteiger partial charge >= 0.3 is 0 Å². The van der Waals surface area contributed by atoms with Gasteiger partial charge in [0.1, 0.15) is 8.07 Å². The van der Waals surface area contributed by atoms with E-state index >= 15 is 0 Å². The molecule has 0 radical (unpaired) electrons. The van der Waals surface area contributed by atoms with Crippen molar-refractivity contribution >= 4 is 18.4 Å². The highest BCUT2D eigenvalue weighted by Gasteiger charge is 2.38. The molecule has 5 rings (SSSR count). The number of aromatic nitrogens is 1. The van der Waals surface area contributed by atoms with Gasteiger partial charge in [-0.2, -0.15) is 0 Å². The third-order valence-electron chi connectivity index (χ3n) is 5.86. The number of fused-ring (bicyclic) bond motifs is 3. The second-order valence-corrected chi connectivity index (χ2v) is 12.2. The lowest BCUT2D eigenvalue weighted by atomic mass is 9.94. The first-order valence-electron chi connectivity index (χ1n) is 11.1. The van der Waals surface area contributed by atoms with E-state index in [1.165, 1.54) is 38.8 Å². The van der Waals surface area contributed by atoms with Gasteiger partial charge < -0.3 is 0 Å². The van der Waals surface area contributed by atoms with Gasteiger partial charge in [0.15, 0.2) is 0 Å². The van der Waals surface area contributed by atoms with E-state index < -0.39 is 14.9 Å². The monoisotopic (exact) mass is 380 g/mol. The highest BCUT2D eigenvalue weighted by molar-refractivity contribution is 7.04. The topological polar surface area (TPSA) is 12.9 Å². The molecule has 0 spiro atoms. The average Bonchev–Trinajstić information content (AvgIpc) is 3.01. The van der Waals surface area contributed by atoms with Crippen molar-refractivity contribution in [2.24, 2.45) is 0 Å². The first-order valence-corrected chi connectivity index (χ1v) is 12.6. The number of hydrogen-bond acceptors (Lipinski definition) is 1. The normalized spacial score (nSPS) is 15.9. The van der Waals surface area contributed by atoms with Crippen molar-refractivity contribution in [2.45, 2.75) is 19.9 Å². The minimum absolute atomic E-state index is 0.262. The SMILES string of the molecule is [2H]C([2H])([2H])c1ccc(-c2ccc(-c3cccc4c3-c3ccccc3[Si]4(C)C)cc2)nc1. The smallest absolute Gasteiger partial charge is 0.113 e. The number of benzene rings is 3. The largest absolute Gasteiger partial charge is 0.256 e. The molecule has 4 aromatic rings. The van der Waals surface area contributed by atoms with Gasteiger partial charge in [0.2, 0.25) is 0 Å². The van der Waals surface area contributed by atoms with Crippen LogP contribution in [0.5, 0.6) is 0 Å². The average molecular weight is 381 g/mol. The molecule has 0 fully saturated rings. The highest BCUT2D eigenvalue weighted by Crippen LogP contribution is 2.36. The van der Waals surface area contributed by atoms with Crippen LogP contribution in [0, 0.1) is 6.85 Å². The standard InChI is InChI=1S/C26H23NSi/c1-18-11-16-23(27-17-18)20-14-12-19(13-15-20)21-8-6-10-25-26(21)22-7-4-5-9-24(22)28(25,2)3/h4-17H,1-3H3/i1D3. The summed E-state index contributed by atoms with van der Waals surface area (Å²) in [5.74, 6) is 0. The van der Waals surface area contributed by atoms with Crippen LogP contribution >= 0.6 is 0 Å². The van der Waals surface area contributed by atoms with E-state index in [1.54, 1.807) is 12.1 Å². The zero-order valence-corrected chi connectivity index (χ0v) is 17.0. The summed E-state index contributed by atoms with van der Waals surface area (Å²) >= 11 is 0. The maximum Gasteiger partial charge on any atom is 0.113 e. The Kier molecular flexibility index (Phi) is 3.16. The molecule has 0 N–H and O–H groups in total. The fraction of sp³-hybridized carbons (Fsp3) is 0.115. The van der Waals surface area contributed by atoms with Crippen molar-refractivity contribution in [3.8, 4) is 33.5 Å². The second-order valence-electron chi connectivity index (χ2n) is 7.91. The minimum Gasteiger partial charge on any atom is -0.256 e. The molecule has 0 amide bonds. The predicted molar refractivity (Wildman–Crippen MR) is 122 cm³/mol. The van der Waals surface area contributed by atoms with E-state index in [0.717, 1.165) is 11.3 Å². The Balaban J connectivity index is 1.55. The molecule has 1 aliphatic heterocycles. The molecule has 1 aromatic heterocycles. The molecular weight excluding hydrogens is 354 g/mol. The van der Waals surface area contributed by atoms with Crippen LogP contribution in [-0.2, 0) is 0 Å². The summed E-state index contributed by atoms with van der Waals surface area (Å²) in [5, 5.41) is 3.00. The molecule has 1 aliphatic rings. The molecule has 3 aromatic carbocycles. The number of aryl methyl sites for hydroxylation is 1. The zero-order chi connectivity index (χ0) is 21.8. The lowest BCUT2D eigenvalue weighted by Crippen LogP contribution is -2.49. The first kappa shape index (κ1) is 14.1. The van der Waals surface area contributed by atoms with Gasteiger partial charge in [0.25, 0.3) is 0 Å². The molecule has 136 valence electrons. The highest BCUT2D eigenvalue weighted by atomic mass is 28.3. The zero-order valence-electron chi connectivity index (χ0n) is 19.0. The Morgan fingerprint density at radius 2 is 1.43 bits per heavy atom. The number of pyridine rings is 1. The summed E-state index contributed by atoms with van der Waals surface area (Å²) in [6.07, 6.45) is 1.45. The fourth-order valence-electron chi connectivity index (χ4n) is 4.38. The third-order valence-corrected chi connectivity index (χ3v) is 9.41. The summed E-state index contributed by atoms with van der Waals surface area (Å²) in [7, 11) is -1.69. The molecule has 0 saturated heterocycles. The van der Waals surface area contributed by atoms with Crippen LogP contribution in [0.4, 0.5) is 0 Å². The van der Waals surface area contributed by atoms with Crippen molar-refractivity contribution < 1.29 is 4.11 Å². The van der Waals surface area contributed by atoms with Crippen molar-refractivity contribution in [1.29, 1.82) is 0 Å². The van der Waals surface area contributed by atoms with Crippen LogP contribution in [0.2, 0.25) is 13.1 Å². The van der Waals surface area contributed by atoms with Gasteiger partial charge in [0.05, 0.1) is 5.69 Å². The lowest BCUT2D eigenvalue weighted by Gasteiger charge is -2.19. The predicted octanol–water partition coefficient (Wildman–Crippen LogP) is 5.53. The molecule has 0 saturated carbocycles. The number of hydrogen-bond donors (Lipinski definition) is 0. The second kappa shape index (κ2) is 6.28. The van der Waals surface area contributed by atoms with Gasteiger partial charge in [-0.1, -0.05) is 85.9 Å². The van der Waals surface area contributed by atoms with Crippen molar-refractivity contribution in [1.82, 2.24) is 4.98 Å². The Bertz CT molecular complexity index is 1270. The van der Waals surface area contributed by atoms with Gasteiger partial charge in [0, 0.05) is 15.9 Å². The summed E-state index contributed by atoms with van der Waals surface area (Å²) in [6, 6.07) is 27.3. The van der Waals surface area contributed by atoms with E-state index in [4.69, 9.17) is 4.11 Å². The first-order chi connectivity index (χ1) is 14.8. The van der Waals surface area contributed by atoms with Crippen molar-refractivity contribution in [2.75, 3.05) is 0 Å². The summed E-state index contributed by atoms with van der Waals surface area (Å²) in [4.78, 5) is 4.37. The van der Waals surface area contributed by atoms with Gasteiger partial charge in [-0.25, -0.2) is 0 Å². The van der Waals surface area contributed by atoms with E-state index in [-0.39, 0.29) is 5.56 Å². The molecule has 1 nitrogen and oxygen atoms in total. The quantitative estimate of drug-likeness (QED) is 0.417. The van der Waals surface area contributed by atoms with Gasteiger partial charge in [-0.3, -0.25) is 4.98 Å². The molecule has 0 bridgehead atoms. The molecule has 0 unspecified atom stereocenters. The molecule has 0 aliphatic carbocycles. The van der Waals surface area contributed by atoms with Crippen LogP contribution in [-0.4, -0.2) is 13.1 Å². The van der Waals surface area contributed by atoms with E-state index in [0.29, 0.717) is 0 Å². The molecule has 2 heterocycles. The molecule has 2 heteroatoms. The van der Waals surface area contributed by atoms with Gasteiger partial charge in [-0.15, -0.1) is 0 Å². The van der Waals surface area contributed by atoms with Crippen LogP contribution < -0.4 is 10.4 Å². The molecule has 28 heavy (non-hydrogen) atoms. The van der Waals surface area contributed by atoms with E-state index in [9.17, 15) is 0 Å². The van der Waals surface area contributed by atoms with E-state index in [2.05, 4.69) is 84.8 Å². The summed E-state index contributed by atoms with van der Waals surface area (Å²) in [5.41, 5.74) is 7.21. The van der Waals surface area contributed by atoms with Crippen LogP contribution in [0.25, 0.3) is 33.5 Å². The van der Waals surface area contributed by atoms with E-state index in [1.807, 2.05) is 0 Å². The van der Waals surface area contributed by atoms with Crippen molar-refractivity contribution in [3.63, 3.8) is 0 Å². The fourth-order valence-corrected chi connectivity index (χ4v) is 7.47. The van der Waals surface area contributed by atoms with Crippen molar-refractivity contribution in [3.05, 3.63) is 90.6 Å². The summed E-state index contributed by atoms with van der Waals surface area (Å²) < 4.78 is 22.5. The van der Waals surface area contributed by atoms with Crippen LogP contribution in [0.15, 0.2) is 85.1 Å². The maximum atomic E-state index is 7.51. The Hall–Kier alpha value is -2.97. The van der Waals surface area contributed by atoms with Crippen LogP contribution in [0.1, 0.15) is 9.68 Å².